The van der Waals surface area contributed by atoms with E-state index in [0.29, 0.717) is 32.7 Å². The van der Waals surface area contributed by atoms with E-state index in [0.717, 1.165) is 6.07 Å². The molecule has 1 aromatic rings. The van der Waals surface area contributed by atoms with E-state index in [4.69, 9.17) is 4.74 Å². The van der Waals surface area contributed by atoms with Crippen molar-refractivity contribution in [1.29, 1.82) is 0 Å². The zero-order valence-electron chi connectivity index (χ0n) is 17.5. The number of rotatable bonds is 3. The Kier molecular flexibility index (Phi) is 6.30. The predicted octanol–water partition coefficient (Wildman–Crippen LogP) is 1.34. The number of hydrogen-bond donors (Lipinski definition) is 2. The second kappa shape index (κ2) is 8.59. The minimum Gasteiger partial charge on any atom is -0.444 e. The van der Waals surface area contributed by atoms with Crippen LogP contribution >= 0.6 is 0 Å². The van der Waals surface area contributed by atoms with Gasteiger partial charge in [-0.25, -0.2) is 9.18 Å². The topological polar surface area (TPSA) is 99.2 Å². The van der Waals surface area contributed by atoms with E-state index in [1.54, 1.807) is 30.6 Å². The Morgan fingerprint density at radius 3 is 2.40 bits per heavy atom. The second-order valence-electron chi connectivity index (χ2n) is 8.66. The van der Waals surface area contributed by atoms with E-state index < -0.39 is 29.3 Å². The quantitative estimate of drug-likeness (QED) is 0.768. The number of ether oxygens (including phenoxy) is 1. The van der Waals surface area contributed by atoms with Crippen LogP contribution in [0, 0.1) is 11.7 Å². The molecule has 0 saturated carbocycles. The standard InChI is InChI=1S/C21H28FN3O5/c1-21(2,3)30-20(29)25-8-6-24(7-9-25)19(28)13-4-5-15(16(22)10-13)17-14(12-26)11-23-18(17)27/h4-5,10,14,17,26H,6-9,11-12H2,1-3H3,(H,23,27)/t14?,17-/m1/s1. The van der Waals surface area contributed by atoms with Crippen molar-refractivity contribution in [2.24, 2.45) is 5.92 Å². The molecule has 2 saturated heterocycles. The molecule has 0 bridgehead atoms. The summed E-state index contributed by atoms with van der Waals surface area (Å²) in [5.41, 5.74) is -0.231. The van der Waals surface area contributed by atoms with Gasteiger partial charge in [-0.2, -0.15) is 0 Å². The third-order valence-corrected chi connectivity index (χ3v) is 5.33. The predicted molar refractivity (Wildman–Crippen MR) is 106 cm³/mol. The third kappa shape index (κ3) is 4.72. The van der Waals surface area contributed by atoms with Crippen molar-refractivity contribution in [3.63, 3.8) is 0 Å². The number of halogens is 1. The second-order valence-corrected chi connectivity index (χ2v) is 8.66. The first kappa shape index (κ1) is 22.0. The van der Waals surface area contributed by atoms with Crippen LogP contribution in [-0.4, -0.2) is 77.7 Å². The molecule has 8 nitrogen and oxygen atoms in total. The van der Waals surface area contributed by atoms with Crippen LogP contribution in [0.25, 0.3) is 0 Å². The summed E-state index contributed by atoms with van der Waals surface area (Å²) in [5.74, 6) is -2.47. The molecule has 1 aromatic carbocycles. The number of aliphatic hydroxyl groups is 1. The summed E-state index contributed by atoms with van der Waals surface area (Å²) in [6, 6.07) is 4.08. The highest BCUT2D eigenvalue weighted by Gasteiger charge is 2.37. The Morgan fingerprint density at radius 1 is 1.20 bits per heavy atom. The molecule has 0 radical (unpaired) electrons. The van der Waals surface area contributed by atoms with E-state index in [1.807, 2.05) is 0 Å². The van der Waals surface area contributed by atoms with Crippen molar-refractivity contribution in [2.75, 3.05) is 39.3 Å². The summed E-state index contributed by atoms with van der Waals surface area (Å²) in [7, 11) is 0. The summed E-state index contributed by atoms with van der Waals surface area (Å²) in [5, 5.41) is 12.1. The molecule has 9 heteroatoms. The number of amides is 3. The van der Waals surface area contributed by atoms with Crippen LogP contribution in [0.1, 0.15) is 42.6 Å². The Balaban J connectivity index is 1.65. The lowest BCUT2D eigenvalue weighted by atomic mass is 9.88. The van der Waals surface area contributed by atoms with Crippen LogP contribution in [0.2, 0.25) is 0 Å². The minimum atomic E-state index is -0.767. The van der Waals surface area contributed by atoms with E-state index in [9.17, 15) is 23.9 Å². The van der Waals surface area contributed by atoms with Crippen molar-refractivity contribution in [3.8, 4) is 0 Å². The Bertz CT molecular complexity index is 830. The van der Waals surface area contributed by atoms with Crippen molar-refractivity contribution in [3.05, 3.63) is 35.1 Å². The highest BCUT2D eigenvalue weighted by molar-refractivity contribution is 5.95. The van der Waals surface area contributed by atoms with Gasteiger partial charge in [-0.15, -0.1) is 0 Å². The molecular weight excluding hydrogens is 393 g/mol. The van der Waals surface area contributed by atoms with E-state index in [2.05, 4.69) is 5.32 Å². The van der Waals surface area contributed by atoms with Gasteiger partial charge in [0.2, 0.25) is 5.91 Å². The molecule has 0 aliphatic carbocycles. The molecule has 0 aromatic heterocycles. The Labute approximate surface area is 175 Å². The van der Waals surface area contributed by atoms with Crippen LogP contribution in [-0.2, 0) is 9.53 Å². The van der Waals surface area contributed by atoms with Crippen molar-refractivity contribution in [2.45, 2.75) is 32.3 Å². The molecule has 2 heterocycles. The summed E-state index contributed by atoms with van der Waals surface area (Å²) in [6.07, 6.45) is -0.418. The maximum atomic E-state index is 14.7. The molecule has 2 aliphatic rings. The van der Waals surface area contributed by atoms with Gasteiger partial charge in [0.05, 0.1) is 5.92 Å². The van der Waals surface area contributed by atoms with Crippen molar-refractivity contribution >= 4 is 17.9 Å². The number of hydrogen-bond acceptors (Lipinski definition) is 5. The highest BCUT2D eigenvalue weighted by atomic mass is 19.1. The zero-order valence-corrected chi connectivity index (χ0v) is 17.5. The Morgan fingerprint density at radius 2 is 1.83 bits per heavy atom. The fourth-order valence-corrected chi connectivity index (χ4v) is 3.75. The van der Waals surface area contributed by atoms with E-state index in [-0.39, 0.29) is 29.5 Å². The molecule has 2 aliphatic heterocycles. The minimum absolute atomic E-state index is 0.176. The molecule has 0 spiro atoms. The molecular formula is C21H28FN3O5. The smallest absolute Gasteiger partial charge is 0.410 e. The SMILES string of the molecule is CC(C)(C)OC(=O)N1CCN(C(=O)c2ccc([C@@H]3C(=O)NCC3CO)c(F)c2)CC1. The lowest BCUT2D eigenvalue weighted by Gasteiger charge is -2.35. The van der Waals surface area contributed by atoms with Crippen molar-refractivity contribution in [1.82, 2.24) is 15.1 Å². The lowest BCUT2D eigenvalue weighted by Crippen LogP contribution is -2.51. The number of benzene rings is 1. The van der Waals surface area contributed by atoms with E-state index in [1.165, 1.54) is 12.1 Å². The third-order valence-electron chi connectivity index (χ3n) is 5.33. The van der Waals surface area contributed by atoms with Gasteiger partial charge < -0.3 is 25.0 Å². The number of piperazine rings is 1. The number of nitrogens with one attached hydrogen (secondary N) is 1. The molecule has 1 unspecified atom stereocenters. The largest absolute Gasteiger partial charge is 0.444 e. The van der Waals surface area contributed by atoms with Gasteiger partial charge in [-0.3, -0.25) is 9.59 Å². The molecule has 2 N–H and O–H groups in total. The normalized spacial score (nSPS) is 22.1. The summed E-state index contributed by atoms with van der Waals surface area (Å²) in [6.45, 7) is 6.75. The molecule has 30 heavy (non-hydrogen) atoms. The van der Waals surface area contributed by atoms with Crippen LogP contribution < -0.4 is 5.32 Å². The van der Waals surface area contributed by atoms with Crippen LogP contribution in [0.4, 0.5) is 9.18 Å². The average Bonchev–Trinajstić information content (AvgIpc) is 3.06. The van der Waals surface area contributed by atoms with E-state index >= 15 is 0 Å². The highest BCUT2D eigenvalue weighted by Crippen LogP contribution is 2.31. The average molecular weight is 421 g/mol. The number of aliphatic hydroxyl groups excluding tert-OH is 1. The first-order chi connectivity index (χ1) is 14.1. The van der Waals surface area contributed by atoms with Crippen LogP contribution in [0.3, 0.4) is 0 Å². The van der Waals surface area contributed by atoms with Gasteiger partial charge in [-0.05, 0) is 32.9 Å². The fraction of sp³-hybridized carbons (Fsp3) is 0.571. The summed E-state index contributed by atoms with van der Waals surface area (Å²) < 4.78 is 20.1. The maximum absolute atomic E-state index is 14.7. The van der Waals surface area contributed by atoms with Crippen LogP contribution in [0.15, 0.2) is 18.2 Å². The molecule has 3 amide bonds. The van der Waals surface area contributed by atoms with Gasteiger partial charge >= 0.3 is 6.09 Å². The number of carbonyl (C=O) groups excluding carboxylic acids is 3. The van der Waals surface area contributed by atoms with Gasteiger partial charge in [0.1, 0.15) is 11.4 Å². The van der Waals surface area contributed by atoms with Crippen molar-refractivity contribution < 1.29 is 28.6 Å². The van der Waals surface area contributed by atoms with Gasteiger partial charge in [-0.1, -0.05) is 6.07 Å². The number of carbonyl (C=O) groups is 3. The van der Waals surface area contributed by atoms with Crippen LogP contribution in [0.5, 0.6) is 0 Å². The monoisotopic (exact) mass is 421 g/mol. The first-order valence-corrected chi connectivity index (χ1v) is 10.1. The maximum Gasteiger partial charge on any atom is 0.410 e. The molecule has 164 valence electrons. The summed E-state index contributed by atoms with van der Waals surface area (Å²) >= 11 is 0. The van der Waals surface area contributed by atoms with Gasteiger partial charge in [0.25, 0.3) is 5.91 Å². The lowest BCUT2D eigenvalue weighted by molar-refractivity contribution is -0.120. The Hall–Kier alpha value is -2.68. The molecule has 2 fully saturated rings. The first-order valence-electron chi connectivity index (χ1n) is 10.1. The van der Waals surface area contributed by atoms with Gasteiger partial charge in [0.15, 0.2) is 0 Å². The zero-order chi connectivity index (χ0) is 22.1. The molecule has 2 atom stereocenters. The molecule has 3 rings (SSSR count). The number of nitrogens with zero attached hydrogens (tertiary/aromatic N) is 2. The summed E-state index contributed by atoms with van der Waals surface area (Å²) in [4.78, 5) is 40.1. The van der Waals surface area contributed by atoms with Gasteiger partial charge in [0, 0.05) is 56.4 Å². The fourth-order valence-electron chi connectivity index (χ4n) is 3.75.